The highest BCUT2D eigenvalue weighted by Crippen LogP contribution is 2.28. The van der Waals surface area contributed by atoms with Crippen molar-refractivity contribution in [1.82, 2.24) is 0 Å². The number of carbonyl (C=O) groups excluding carboxylic acids is 1. The van der Waals surface area contributed by atoms with Gasteiger partial charge in [0.2, 0.25) is 0 Å². The van der Waals surface area contributed by atoms with Gasteiger partial charge in [-0.05, 0) is 59.1 Å². The van der Waals surface area contributed by atoms with Crippen molar-refractivity contribution in [1.29, 1.82) is 0 Å². The van der Waals surface area contributed by atoms with E-state index in [2.05, 4.69) is 28.7 Å². The molecule has 0 aromatic heterocycles. The van der Waals surface area contributed by atoms with Gasteiger partial charge in [-0.2, -0.15) is 0 Å². The summed E-state index contributed by atoms with van der Waals surface area (Å²) in [5.41, 5.74) is 1.30. The van der Waals surface area contributed by atoms with Crippen LogP contribution in [-0.4, -0.2) is 12.9 Å². The van der Waals surface area contributed by atoms with Crippen molar-refractivity contribution in [2.24, 2.45) is 5.92 Å². The number of ether oxygens (including phenoxy) is 1. The molecule has 0 fully saturated rings. The van der Waals surface area contributed by atoms with Crippen molar-refractivity contribution in [3.05, 3.63) is 39.5 Å². The maximum absolute atomic E-state index is 11.1. The highest BCUT2D eigenvalue weighted by atomic mass is 127. The Bertz CT molecular complexity index is 452. The lowest BCUT2D eigenvalue weighted by Gasteiger charge is -2.17. The number of halogens is 1. The summed E-state index contributed by atoms with van der Waals surface area (Å²) in [6.07, 6.45) is 6.40. The van der Waals surface area contributed by atoms with Crippen LogP contribution in [0, 0.1) is 9.49 Å². The smallest absolute Gasteiger partial charge is 0.155 e. The molecule has 0 spiro atoms. The van der Waals surface area contributed by atoms with Gasteiger partial charge < -0.3 is 4.74 Å². The summed E-state index contributed by atoms with van der Waals surface area (Å²) in [6, 6.07) is 6.13. The summed E-state index contributed by atoms with van der Waals surface area (Å²) >= 11 is 2.33. The molecule has 2 nitrogen and oxygen atoms in total. The number of ketones is 1. The van der Waals surface area contributed by atoms with E-state index in [0.717, 1.165) is 18.6 Å². The lowest BCUT2D eigenvalue weighted by Crippen LogP contribution is -2.11. The highest BCUT2D eigenvalue weighted by Gasteiger charge is 2.15. The average Bonchev–Trinajstić information content (AvgIpc) is 2.35. The van der Waals surface area contributed by atoms with Gasteiger partial charge in [-0.15, -0.1) is 0 Å². The molecule has 2 rings (SSSR count). The van der Waals surface area contributed by atoms with Crippen LogP contribution in [0.1, 0.15) is 18.4 Å². The van der Waals surface area contributed by atoms with Crippen molar-refractivity contribution in [3.63, 3.8) is 0 Å². The van der Waals surface area contributed by atoms with Gasteiger partial charge in [0.15, 0.2) is 5.78 Å². The van der Waals surface area contributed by atoms with Gasteiger partial charge >= 0.3 is 0 Å². The second-order valence-corrected chi connectivity index (χ2v) is 5.34. The topological polar surface area (TPSA) is 26.3 Å². The second-order valence-electron chi connectivity index (χ2n) is 4.26. The first-order valence-electron chi connectivity index (χ1n) is 5.73. The van der Waals surface area contributed by atoms with Gasteiger partial charge in [-0.25, -0.2) is 0 Å². The van der Waals surface area contributed by atoms with Crippen LogP contribution in [0.15, 0.2) is 30.4 Å². The zero-order chi connectivity index (χ0) is 12.3. The van der Waals surface area contributed by atoms with Crippen LogP contribution >= 0.6 is 22.6 Å². The molecule has 1 aromatic rings. The quantitative estimate of drug-likeness (QED) is 0.788. The summed E-state index contributed by atoms with van der Waals surface area (Å²) in [7, 11) is 1.69. The Morgan fingerprint density at radius 1 is 1.47 bits per heavy atom. The molecule has 0 amide bonds. The van der Waals surface area contributed by atoms with Gasteiger partial charge in [0, 0.05) is 6.42 Å². The Morgan fingerprint density at radius 2 is 2.29 bits per heavy atom. The molecule has 17 heavy (non-hydrogen) atoms. The Kier molecular flexibility index (Phi) is 4.20. The van der Waals surface area contributed by atoms with E-state index >= 15 is 0 Å². The minimum atomic E-state index is 0.251. The SMILES string of the molecule is COc1cccc(CC2C=CC(=O)CC2)c1I. The minimum Gasteiger partial charge on any atom is -0.496 e. The maximum atomic E-state index is 11.1. The molecule has 1 unspecified atom stereocenters. The van der Waals surface area contributed by atoms with E-state index in [0.29, 0.717) is 12.3 Å². The van der Waals surface area contributed by atoms with Crippen molar-refractivity contribution in [2.75, 3.05) is 7.11 Å². The fraction of sp³-hybridized carbons (Fsp3) is 0.357. The number of benzene rings is 1. The first-order valence-corrected chi connectivity index (χ1v) is 6.81. The molecule has 1 aromatic carbocycles. The van der Waals surface area contributed by atoms with Gasteiger partial charge in [-0.3, -0.25) is 4.79 Å². The fourth-order valence-corrected chi connectivity index (χ4v) is 2.87. The van der Waals surface area contributed by atoms with Gasteiger partial charge in [-0.1, -0.05) is 18.2 Å². The number of allylic oxidation sites excluding steroid dienone is 2. The van der Waals surface area contributed by atoms with Crippen LogP contribution < -0.4 is 4.74 Å². The fourth-order valence-electron chi connectivity index (χ4n) is 2.07. The summed E-state index contributed by atoms with van der Waals surface area (Å²) in [4.78, 5) is 11.1. The summed E-state index contributed by atoms with van der Waals surface area (Å²) < 4.78 is 6.49. The Balaban J connectivity index is 2.14. The minimum absolute atomic E-state index is 0.251. The molecule has 0 heterocycles. The zero-order valence-corrected chi connectivity index (χ0v) is 11.9. The summed E-state index contributed by atoms with van der Waals surface area (Å²) in [6.45, 7) is 0. The first-order chi connectivity index (χ1) is 8.20. The van der Waals surface area contributed by atoms with E-state index in [-0.39, 0.29) is 5.78 Å². The van der Waals surface area contributed by atoms with Gasteiger partial charge in [0.1, 0.15) is 5.75 Å². The van der Waals surface area contributed by atoms with Crippen LogP contribution in [-0.2, 0) is 11.2 Å². The van der Waals surface area contributed by atoms with Crippen LogP contribution in [0.2, 0.25) is 0 Å². The molecule has 0 saturated heterocycles. The molecule has 1 aliphatic carbocycles. The van der Waals surface area contributed by atoms with Crippen molar-refractivity contribution in [3.8, 4) is 5.75 Å². The molecule has 0 bridgehead atoms. The Labute approximate surface area is 115 Å². The first kappa shape index (κ1) is 12.6. The highest BCUT2D eigenvalue weighted by molar-refractivity contribution is 14.1. The molecule has 3 heteroatoms. The van der Waals surface area contributed by atoms with Crippen molar-refractivity contribution in [2.45, 2.75) is 19.3 Å². The van der Waals surface area contributed by atoms with Crippen LogP contribution in [0.5, 0.6) is 5.75 Å². The van der Waals surface area contributed by atoms with E-state index < -0.39 is 0 Å². The van der Waals surface area contributed by atoms with E-state index in [1.54, 1.807) is 13.2 Å². The van der Waals surface area contributed by atoms with Gasteiger partial charge in [0.05, 0.1) is 10.7 Å². The normalized spacial score (nSPS) is 19.4. The van der Waals surface area contributed by atoms with E-state index in [9.17, 15) is 4.79 Å². The zero-order valence-electron chi connectivity index (χ0n) is 9.78. The number of carbonyl (C=O) groups is 1. The average molecular weight is 342 g/mol. The predicted molar refractivity (Wildman–Crippen MR) is 76.3 cm³/mol. The molecule has 0 radical (unpaired) electrons. The lowest BCUT2D eigenvalue weighted by molar-refractivity contribution is -0.115. The number of methoxy groups -OCH3 is 1. The van der Waals surface area contributed by atoms with Crippen molar-refractivity contribution >= 4 is 28.4 Å². The maximum Gasteiger partial charge on any atom is 0.155 e. The lowest BCUT2D eigenvalue weighted by atomic mass is 9.89. The monoisotopic (exact) mass is 342 g/mol. The van der Waals surface area contributed by atoms with E-state index in [1.165, 1.54) is 9.13 Å². The molecule has 0 saturated carbocycles. The summed E-state index contributed by atoms with van der Waals surface area (Å²) in [5, 5.41) is 0. The molecule has 0 N–H and O–H groups in total. The molecular weight excluding hydrogens is 327 g/mol. The van der Waals surface area contributed by atoms with Crippen LogP contribution in [0.4, 0.5) is 0 Å². The number of hydrogen-bond acceptors (Lipinski definition) is 2. The molecular formula is C14H15IO2. The molecule has 1 aliphatic rings. The van der Waals surface area contributed by atoms with Crippen molar-refractivity contribution < 1.29 is 9.53 Å². The van der Waals surface area contributed by atoms with E-state index in [4.69, 9.17) is 4.74 Å². The third-order valence-electron chi connectivity index (χ3n) is 3.06. The summed E-state index contributed by atoms with van der Waals surface area (Å²) in [5.74, 6) is 1.66. The third kappa shape index (κ3) is 3.09. The Morgan fingerprint density at radius 3 is 2.94 bits per heavy atom. The Hall–Kier alpha value is -0.840. The second kappa shape index (κ2) is 5.67. The molecule has 90 valence electrons. The van der Waals surface area contributed by atoms with Crippen LogP contribution in [0.25, 0.3) is 0 Å². The van der Waals surface area contributed by atoms with Crippen LogP contribution in [0.3, 0.4) is 0 Å². The standard InChI is InChI=1S/C14H15IO2/c1-17-13-4-2-3-11(14(13)15)9-10-5-7-12(16)8-6-10/h2-5,7,10H,6,8-9H2,1H3. The van der Waals surface area contributed by atoms with Gasteiger partial charge in [0.25, 0.3) is 0 Å². The van der Waals surface area contributed by atoms with E-state index in [1.807, 2.05) is 18.2 Å². The third-order valence-corrected chi connectivity index (χ3v) is 4.29. The molecule has 0 aliphatic heterocycles. The number of hydrogen-bond donors (Lipinski definition) is 0. The predicted octanol–water partition coefficient (Wildman–Crippen LogP) is 3.38. The number of rotatable bonds is 3. The largest absolute Gasteiger partial charge is 0.496 e. The molecule has 1 atom stereocenters.